The Morgan fingerprint density at radius 3 is 2.42 bits per heavy atom. The topological polar surface area (TPSA) is 47.6 Å². The van der Waals surface area contributed by atoms with Gasteiger partial charge in [0.15, 0.2) is 0 Å². The number of ether oxygens (including phenoxy) is 2. The number of hydrogen-bond acceptors (Lipinski definition) is 4. The van der Waals surface area contributed by atoms with E-state index in [2.05, 4.69) is 5.32 Å². The van der Waals surface area contributed by atoms with Gasteiger partial charge in [-0.05, 0) is 39.8 Å². The molecule has 0 aromatic heterocycles. The number of carbonyl (C=O) groups is 1. The molecule has 0 unspecified atom stereocenters. The molecule has 0 aliphatic heterocycles. The lowest BCUT2D eigenvalue weighted by Crippen LogP contribution is -2.24. The molecule has 4 nitrogen and oxygen atoms in total. The lowest BCUT2D eigenvalue weighted by molar-refractivity contribution is -0.145. The van der Waals surface area contributed by atoms with Crippen LogP contribution in [0.5, 0.6) is 0 Å². The minimum atomic E-state index is -0.471. The van der Waals surface area contributed by atoms with Crippen molar-refractivity contribution in [2.24, 2.45) is 0 Å². The normalized spacial score (nSPS) is 11.9. The van der Waals surface area contributed by atoms with Crippen LogP contribution in [-0.4, -0.2) is 18.2 Å². The summed E-state index contributed by atoms with van der Waals surface area (Å²) in [6.45, 7) is 7.71. The van der Waals surface area contributed by atoms with Gasteiger partial charge in [-0.15, -0.1) is 0 Å². The second kappa shape index (κ2) is 6.83. The van der Waals surface area contributed by atoms with Gasteiger partial charge in [0.05, 0.1) is 12.8 Å². The summed E-state index contributed by atoms with van der Waals surface area (Å²) in [4.78, 5) is 11.8. The zero-order chi connectivity index (χ0) is 14.3. The van der Waals surface area contributed by atoms with Crippen molar-refractivity contribution in [2.45, 2.75) is 33.3 Å². The zero-order valence-electron chi connectivity index (χ0n) is 11.9. The van der Waals surface area contributed by atoms with Gasteiger partial charge in [0.1, 0.15) is 5.60 Å². The molecular weight excluding hydrogens is 242 g/mol. The van der Waals surface area contributed by atoms with E-state index in [-0.39, 0.29) is 5.76 Å². The van der Waals surface area contributed by atoms with Gasteiger partial charge in [0.25, 0.3) is 0 Å². The van der Waals surface area contributed by atoms with E-state index in [1.807, 2.05) is 51.1 Å². The molecular formula is C15H21NO3. The molecule has 0 atom stereocenters. The molecule has 19 heavy (non-hydrogen) atoms. The summed E-state index contributed by atoms with van der Waals surface area (Å²) < 4.78 is 10.6. The Hall–Kier alpha value is -1.97. The Balaban J connectivity index is 2.80. The van der Waals surface area contributed by atoms with E-state index in [1.54, 1.807) is 6.92 Å². The van der Waals surface area contributed by atoms with Gasteiger partial charge in [-0.1, -0.05) is 18.2 Å². The fourth-order valence-electron chi connectivity index (χ4n) is 1.35. The fourth-order valence-corrected chi connectivity index (χ4v) is 1.35. The third-order valence-corrected chi connectivity index (χ3v) is 2.04. The zero-order valence-corrected chi connectivity index (χ0v) is 11.9. The maximum Gasteiger partial charge on any atom is 0.375 e. The first-order chi connectivity index (χ1) is 8.92. The lowest BCUT2D eigenvalue weighted by atomic mass is 10.2. The quantitative estimate of drug-likeness (QED) is 0.503. The van der Waals surface area contributed by atoms with Crippen LogP contribution in [0.15, 0.2) is 42.3 Å². The van der Waals surface area contributed by atoms with Crippen LogP contribution >= 0.6 is 0 Å². The van der Waals surface area contributed by atoms with E-state index in [4.69, 9.17) is 9.47 Å². The number of nitrogens with one attached hydrogen (secondary N) is 1. The van der Waals surface area contributed by atoms with Crippen molar-refractivity contribution in [3.63, 3.8) is 0 Å². The van der Waals surface area contributed by atoms with E-state index in [9.17, 15) is 4.79 Å². The Labute approximate surface area is 114 Å². The second-order valence-corrected chi connectivity index (χ2v) is 4.95. The number of esters is 1. The molecule has 1 aromatic rings. The summed E-state index contributed by atoms with van der Waals surface area (Å²) in [5.74, 6) is -0.306. The molecule has 0 amide bonds. The summed E-state index contributed by atoms with van der Waals surface area (Å²) in [5.41, 5.74) is 0.415. The van der Waals surface area contributed by atoms with Gasteiger partial charge >= 0.3 is 5.97 Å². The van der Waals surface area contributed by atoms with E-state index < -0.39 is 11.6 Å². The summed E-state index contributed by atoms with van der Waals surface area (Å²) in [5, 5.41) is 3.02. The molecule has 1 aromatic carbocycles. The highest BCUT2D eigenvalue weighted by Gasteiger charge is 2.20. The van der Waals surface area contributed by atoms with Gasteiger partial charge in [-0.3, -0.25) is 0 Å². The van der Waals surface area contributed by atoms with Gasteiger partial charge in [0, 0.05) is 5.69 Å². The highest BCUT2D eigenvalue weighted by molar-refractivity contribution is 5.86. The predicted octanol–water partition coefficient (Wildman–Crippen LogP) is 3.32. The van der Waals surface area contributed by atoms with Crippen molar-refractivity contribution in [2.75, 3.05) is 11.9 Å². The van der Waals surface area contributed by atoms with E-state index >= 15 is 0 Å². The van der Waals surface area contributed by atoms with Gasteiger partial charge in [0.2, 0.25) is 5.76 Å². The largest absolute Gasteiger partial charge is 0.480 e. The van der Waals surface area contributed by atoms with Crippen molar-refractivity contribution in [3.8, 4) is 0 Å². The first kappa shape index (κ1) is 15.1. The summed E-state index contributed by atoms with van der Waals surface area (Å²) >= 11 is 0. The maximum atomic E-state index is 11.8. The number of benzene rings is 1. The van der Waals surface area contributed by atoms with Gasteiger partial charge < -0.3 is 14.8 Å². The minimum Gasteiger partial charge on any atom is -0.480 e. The standard InChI is InChI=1S/C15H21NO3/c1-5-18-14(17)13(19-15(2,3)4)11-16-12-9-7-6-8-10-12/h6-11,16H,5H2,1-4H3/b13-11+. The molecule has 0 bridgehead atoms. The first-order valence-corrected chi connectivity index (χ1v) is 6.30. The molecule has 0 saturated carbocycles. The molecule has 1 N–H and O–H groups in total. The molecule has 0 aliphatic carbocycles. The fraction of sp³-hybridized carbons (Fsp3) is 0.400. The molecule has 0 fully saturated rings. The summed E-state index contributed by atoms with van der Waals surface area (Å²) in [6, 6.07) is 9.54. The third kappa shape index (κ3) is 5.95. The average molecular weight is 263 g/mol. The molecule has 0 radical (unpaired) electrons. The molecule has 104 valence electrons. The SMILES string of the molecule is CCOC(=O)/C(=C\Nc1ccccc1)OC(C)(C)C. The second-order valence-electron chi connectivity index (χ2n) is 4.95. The van der Waals surface area contributed by atoms with Crippen LogP contribution in [-0.2, 0) is 14.3 Å². The van der Waals surface area contributed by atoms with Crippen LogP contribution in [0.2, 0.25) is 0 Å². The van der Waals surface area contributed by atoms with Crippen LogP contribution in [0.1, 0.15) is 27.7 Å². The van der Waals surface area contributed by atoms with Crippen LogP contribution < -0.4 is 5.32 Å². The highest BCUT2D eigenvalue weighted by Crippen LogP contribution is 2.15. The number of para-hydroxylation sites is 1. The Bertz CT molecular complexity index is 432. The molecule has 0 heterocycles. The monoisotopic (exact) mass is 263 g/mol. The Morgan fingerprint density at radius 2 is 1.89 bits per heavy atom. The molecule has 4 heteroatoms. The molecule has 0 saturated heterocycles. The maximum absolute atomic E-state index is 11.8. The number of anilines is 1. The highest BCUT2D eigenvalue weighted by atomic mass is 16.6. The number of carbonyl (C=O) groups excluding carboxylic acids is 1. The number of rotatable bonds is 5. The third-order valence-electron chi connectivity index (χ3n) is 2.04. The van der Waals surface area contributed by atoms with Crippen LogP contribution in [0, 0.1) is 0 Å². The van der Waals surface area contributed by atoms with E-state index in [0.717, 1.165) is 5.69 Å². The van der Waals surface area contributed by atoms with E-state index in [1.165, 1.54) is 6.20 Å². The first-order valence-electron chi connectivity index (χ1n) is 6.30. The summed E-state index contributed by atoms with van der Waals surface area (Å²) in [6.07, 6.45) is 1.53. The predicted molar refractivity (Wildman–Crippen MR) is 75.6 cm³/mol. The molecule has 1 rings (SSSR count). The summed E-state index contributed by atoms with van der Waals surface area (Å²) in [7, 11) is 0. The lowest BCUT2D eigenvalue weighted by Gasteiger charge is -2.22. The van der Waals surface area contributed by atoms with Crippen molar-refractivity contribution in [1.82, 2.24) is 0 Å². The van der Waals surface area contributed by atoms with Crippen molar-refractivity contribution >= 4 is 11.7 Å². The van der Waals surface area contributed by atoms with Crippen molar-refractivity contribution in [1.29, 1.82) is 0 Å². The number of hydrogen-bond donors (Lipinski definition) is 1. The van der Waals surface area contributed by atoms with Crippen LogP contribution in [0.25, 0.3) is 0 Å². The van der Waals surface area contributed by atoms with Crippen molar-refractivity contribution < 1.29 is 14.3 Å². The van der Waals surface area contributed by atoms with Crippen LogP contribution in [0.3, 0.4) is 0 Å². The Morgan fingerprint density at radius 1 is 1.26 bits per heavy atom. The van der Waals surface area contributed by atoms with E-state index in [0.29, 0.717) is 6.61 Å². The molecule has 0 aliphatic rings. The van der Waals surface area contributed by atoms with Crippen molar-refractivity contribution in [3.05, 3.63) is 42.3 Å². The van der Waals surface area contributed by atoms with Gasteiger partial charge in [-0.25, -0.2) is 4.79 Å². The van der Waals surface area contributed by atoms with Gasteiger partial charge in [-0.2, -0.15) is 0 Å². The smallest absolute Gasteiger partial charge is 0.375 e. The minimum absolute atomic E-state index is 0.165. The average Bonchev–Trinajstić information content (AvgIpc) is 2.34. The Kier molecular flexibility index (Phi) is 5.42. The van der Waals surface area contributed by atoms with Crippen LogP contribution in [0.4, 0.5) is 5.69 Å². The molecule has 0 spiro atoms.